The molecule has 108 valence electrons. The summed E-state index contributed by atoms with van der Waals surface area (Å²) in [5.74, 6) is 0.651. The molecule has 3 heterocycles. The SMILES string of the molecule is CCNCC1CCCN(C)C1c1cn2ccccc2n1. The molecule has 2 unspecified atom stereocenters. The van der Waals surface area contributed by atoms with E-state index in [2.05, 4.69) is 53.1 Å². The normalized spacial score (nSPS) is 24.3. The van der Waals surface area contributed by atoms with E-state index in [0.29, 0.717) is 12.0 Å². The van der Waals surface area contributed by atoms with Crippen molar-refractivity contribution in [2.45, 2.75) is 25.8 Å². The van der Waals surface area contributed by atoms with Crippen LogP contribution in [0, 0.1) is 5.92 Å². The van der Waals surface area contributed by atoms with Crippen molar-refractivity contribution in [1.82, 2.24) is 19.6 Å². The van der Waals surface area contributed by atoms with Crippen molar-refractivity contribution in [1.29, 1.82) is 0 Å². The number of nitrogens with one attached hydrogen (secondary N) is 1. The van der Waals surface area contributed by atoms with Gasteiger partial charge in [-0.1, -0.05) is 13.0 Å². The molecule has 0 saturated carbocycles. The number of nitrogens with zero attached hydrogens (tertiary/aromatic N) is 3. The van der Waals surface area contributed by atoms with Gasteiger partial charge in [0.05, 0.1) is 11.7 Å². The van der Waals surface area contributed by atoms with Gasteiger partial charge in [0.25, 0.3) is 0 Å². The molecule has 20 heavy (non-hydrogen) atoms. The number of likely N-dealkylation sites (tertiary alicyclic amines) is 1. The summed E-state index contributed by atoms with van der Waals surface area (Å²) >= 11 is 0. The number of aromatic nitrogens is 2. The number of rotatable bonds is 4. The molecule has 0 spiro atoms. The van der Waals surface area contributed by atoms with Crippen LogP contribution in [0.1, 0.15) is 31.5 Å². The Bertz CT molecular complexity index is 529. The topological polar surface area (TPSA) is 32.6 Å². The minimum Gasteiger partial charge on any atom is -0.317 e. The first-order valence-electron chi connectivity index (χ1n) is 7.64. The van der Waals surface area contributed by atoms with Crippen molar-refractivity contribution in [3.63, 3.8) is 0 Å². The molecule has 0 aliphatic carbocycles. The van der Waals surface area contributed by atoms with E-state index in [1.807, 2.05) is 6.07 Å². The third-order valence-corrected chi connectivity index (χ3v) is 4.35. The highest BCUT2D eigenvalue weighted by Gasteiger charge is 2.31. The number of pyridine rings is 1. The van der Waals surface area contributed by atoms with Crippen LogP contribution < -0.4 is 5.32 Å². The zero-order valence-corrected chi connectivity index (χ0v) is 12.4. The number of hydrogen-bond donors (Lipinski definition) is 1. The summed E-state index contributed by atoms with van der Waals surface area (Å²) < 4.78 is 2.13. The predicted octanol–water partition coefficient (Wildman–Crippen LogP) is 2.33. The Labute approximate surface area is 120 Å². The van der Waals surface area contributed by atoms with Gasteiger partial charge in [-0.2, -0.15) is 0 Å². The maximum absolute atomic E-state index is 4.84. The molecule has 2 atom stereocenters. The zero-order valence-electron chi connectivity index (χ0n) is 12.4. The third kappa shape index (κ3) is 2.58. The van der Waals surface area contributed by atoms with Crippen molar-refractivity contribution in [3.8, 4) is 0 Å². The van der Waals surface area contributed by atoms with Gasteiger partial charge in [-0.25, -0.2) is 4.98 Å². The van der Waals surface area contributed by atoms with E-state index >= 15 is 0 Å². The second-order valence-corrected chi connectivity index (χ2v) is 5.77. The van der Waals surface area contributed by atoms with Crippen LogP contribution >= 0.6 is 0 Å². The summed E-state index contributed by atoms with van der Waals surface area (Å²) in [6.45, 7) is 5.46. The van der Waals surface area contributed by atoms with Crippen LogP contribution in [0.5, 0.6) is 0 Å². The lowest BCUT2D eigenvalue weighted by Gasteiger charge is -2.38. The molecule has 4 nitrogen and oxygen atoms in total. The molecule has 1 N–H and O–H groups in total. The Morgan fingerprint density at radius 3 is 3.10 bits per heavy atom. The van der Waals surface area contributed by atoms with Gasteiger partial charge in [-0.05, 0) is 57.6 Å². The lowest BCUT2D eigenvalue weighted by molar-refractivity contribution is 0.117. The van der Waals surface area contributed by atoms with Crippen LogP contribution in [0.15, 0.2) is 30.6 Å². The highest BCUT2D eigenvalue weighted by molar-refractivity contribution is 5.40. The second kappa shape index (κ2) is 5.94. The molecule has 1 aliphatic heterocycles. The van der Waals surface area contributed by atoms with Gasteiger partial charge in [-0.15, -0.1) is 0 Å². The largest absolute Gasteiger partial charge is 0.317 e. The molecule has 1 aliphatic rings. The Kier molecular flexibility index (Phi) is 4.03. The minimum atomic E-state index is 0.433. The Morgan fingerprint density at radius 1 is 1.40 bits per heavy atom. The van der Waals surface area contributed by atoms with E-state index < -0.39 is 0 Å². The predicted molar refractivity (Wildman–Crippen MR) is 81.8 cm³/mol. The van der Waals surface area contributed by atoms with Gasteiger partial charge in [0, 0.05) is 12.4 Å². The molecule has 1 fully saturated rings. The van der Waals surface area contributed by atoms with E-state index in [1.54, 1.807) is 0 Å². The van der Waals surface area contributed by atoms with Crippen molar-refractivity contribution in [2.75, 3.05) is 26.7 Å². The van der Waals surface area contributed by atoms with E-state index in [9.17, 15) is 0 Å². The monoisotopic (exact) mass is 272 g/mol. The first-order valence-corrected chi connectivity index (χ1v) is 7.64. The summed E-state index contributed by atoms with van der Waals surface area (Å²) in [5.41, 5.74) is 2.25. The summed E-state index contributed by atoms with van der Waals surface area (Å²) in [6, 6.07) is 6.61. The number of imidazole rings is 1. The molecule has 2 aromatic heterocycles. The van der Waals surface area contributed by atoms with E-state index in [-0.39, 0.29) is 0 Å². The average molecular weight is 272 g/mol. The molecule has 0 amide bonds. The molecule has 1 saturated heterocycles. The first-order chi connectivity index (χ1) is 9.79. The van der Waals surface area contributed by atoms with Crippen LogP contribution in [-0.4, -0.2) is 41.0 Å². The lowest BCUT2D eigenvalue weighted by Crippen LogP contribution is -2.40. The second-order valence-electron chi connectivity index (χ2n) is 5.77. The highest BCUT2D eigenvalue weighted by atomic mass is 15.2. The molecular formula is C16H24N4. The maximum atomic E-state index is 4.84. The Balaban J connectivity index is 1.90. The van der Waals surface area contributed by atoms with Crippen LogP contribution in [0.2, 0.25) is 0 Å². The number of hydrogen-bond acceptors (Lipinski definition) is 3. The van der Waals surface area contributed by atoms with Gasteiger partial charge < -0.3 is 9.72 Å². The highest BCUT2D eigenvalue weighted by Crippen LogP contribution is 2.34. The van der Waals surface area contributed by atoms with Gasteiger partial charge >= 0.3 is 0 Å². The van der Waals surface area contributed by atoms with Crippen LogP contribution in [0.4, 0.5) is 0 Å². The third-order valence-electron chi connectivity index (χ3n) is 4.35. The van der Waals surface area contributed by atoms with E-state index in [0.717, 1.165) is 18.7 Å². The molecule has 2 aromatic rings. The van der Waals surface area contributed by atoms with Gasteiger partial charge in [-0.3, -0.25) is 4.90 Å². The van der Waals surface area contributed by atoms with E-state index in [4.69, 9.17) is 4.98 Å². The van der Waals surface area contributed by atoms with Crippen molar-refractivity contribution in [3.05, 3.63) is 36.3 Å². The van der Waals surface area contributed by atoms with Gasteiger partial charge in [0.15, 0.2) is 0 Å². The number of fused-ring (bicyclic) bond motifs is 1. The molecule has 3 rings (SSSR count). The smallest absolute Gasteiger partial charge is 0.137 e. The van der Waals surface area contributed by atoms with Crippen LogP contribution in [-0.2, 0) is 0 Å². The molecule has 0 bridgehead atoms. The van der Waals surface area contributed by atoms with E-state index in [1.165, 1.54) is 25.1 Å². The fourth-order valence-electron chi connectivity index (χ4n) is 3.37. The summed E-state index contributed by atoms with van der Waals surface area (Å²) in [7, 11) is 2.23. The van der Waals surface area contributed by atoms with Gasteiger partial charge in [0.1, 0.15) is 5.65 Å². The van der Waals surface area contributed by atoms with Gasteiger partial charge in [0.2, 0.25) is 0 Å². The zero-order chi connectivity index (χ0) is 13.9. The summed E-state index contributed by atoms with van der Waals surface area (Å²) in [4.78, 5) is 7.30. The van der Waals surface area contributed by atoms with Crippen LogP contribution in [0.3, 0.4) is 0 Å². The molecule has 0 aromatic carbocycles. The summed E-state index contributed by atoms with van der Waals surface area (Å²) in [6.07, 6.45) is 6.85. The average Bonchev–Trinajstić information content (AvgIpc) is 2.88. The fourth-order valence-corrected chi connectivity index (χ4v) is 3.37. The molecular weight excluding hydrogens is 248 g/mol. The Morgan fingerprint density at radius 2 is 2.30 bits per heavy atom. The number of piperidine rings is 1. The van der Waals surface area contributed by atoms with Crippen molar-refractivity contribution < 1.29 is 0 Å². The quantitative estimate of drug-likeness (QED) is 0.927. The molecule has 4 heteroatoms. The standard InChI is InChI=1S/C16H24N4/c1-3-17-11-13-7-6-9-19(2)16(13)14-12-20-10-5-4-8-15(20)18-14/h4-5,8,10,12-13,16-17H,3,6-7,9,11H2,1-2H3. The first kappa shape index (κ1) is 13.6. The minimum absolute atomic E-state index is 0.433. The Hall–Kier alpha value is -1.39. The fraction of sp³-hybridized carbons (Fsp3) is 0.562. The summed E-state index contributed by atoms with van der Waals surface area (Å²) in [5, 5.41) is 3.51. The molecule has 0 radical (unpaired) electrons. The van der Waals surface area contributed by atoms with Crippen molar-refractivity contribution >= 4 is 5.65 Å². The van der Waals surface area contributed by atoms with Crippen molar-refractivity contribution in [2.24, 2.45) is 5.92 Å². The maximum Gasteiger partial charge on any atom is 0.137 e. The lowest BCUT2D eigenvalue weighted by atomic mass is 9.87. The van der Waals surface area contributed by atoms with Crippen LogP contribution in [0.25, 0.3) is 5.65 Å².